The number of anilines is 2. The van der Waals surface area contributed by atoms with Gasteiger partial charge in [0.15, 0.2) is 5.78 Å². The van der Waals surface area contributed by atoms with Crippen molar-refractivity contribution < 1.29 is 13.2 Å². The highest BCUT2D eigenvalue weighted by Crippen LogP contribution is 2.35. The summed E-state index contributed by atoms with van der Waals surface area (Å²) in [5, 5.41) is 0. The molecular formula is C10H8N2O3S. The summed E-state index contributed by atoms with van der Waals surface area (Å²) in [6.45, 7) is 0. The molecule has 3 rings (SSSR count). The summed E-state index contributed by atoms with van der Waals surface area (Å²) >= 11 is 0. The molecule has 0 bridgehead atoms. The lowest BCUT2D eigenvalue weighted by molar-refractivity contribution is 0.102. The van der Waals surface area contributed by atoms with Gasteiger partial charge in [0.25, 0.3) is 0 Å². The molecule has 0 spiro atoms. The highest BCUT2D eigenvalue weighted by atomic mass is 32.2. The van der Waals surface area contributed by atoms with Crippen LogP contribution in [0, 0.1) is 6.42 Å². The van der Waals surface area contributed by atoms with Crippen LogP contribution >= 0.6 is 0 Å². The first-order valence-electron chi connectivity index (χ1n) is 4.81. The Morgan fingerprint density at radius 3 is 2.62 bits per heavy atom. The minimum atomic E-state index is -3.48. The fraction of sp³-hybridized carbons (Fsp3) is 0.200. The summed E-state index contributed by atoms with van der Waals surface area (Å²) in [5.74, 6) is -0.157. The molecule has 2 N–H and O–H groups in total. The zero-order valence-electron chi connectivity index (χ0n) is 8.20. The fourth-order valence-corrected chi connectivity index (χ4v) is 2.92. The highest BCUT2D eigenvalue weighted by molar-refractivity contribution is 7.94. The summed E-state index contributed by atoms with van der Waals surface area (Å²) in [4.78, 5) is 11.5. The van der Waals surface area contributed by atoms with E-state index in [1.807, 2.05) is 0 Å². The van der Waals surface area contributed by atoms with E-state index in [9.17, 15) is 13.2 Å². The standard InChI is InChI=1S/C10H8N2O3S/c13-10-3-1-2-6-4-8-9(5-7(6)10)12-16(14,15)11-8/h4-5,11-12H,1-2H2. The van der Waals surface area contributed by atoms with Gasteiger partial charge >= 0.3 is 10.2 Å². The molecule has 1 aromatic rings. The fourth-order valence-electron chi connectivity index (χ4n) is 1.95. The molecule has 1 heterocycles. The molecule has 0 unspecified atom stereocenters. The number of fused-ring (bicyclic) bond motifs is 2. The van der Waals surface area contributed by atoms with Gasteiger partial charge in [-0.1, -0.05) is 0 Å². The Bertz CT molecular complexity index is 592. The van der Waals surface area contributed by atoms with Crippen molar-refractivity contribution in [3.05, 3.63) is 29.7 Å². The quantitative estimate of drug-likeness (QED) is 0.705. The highest BCUT2D eigenvalue weighted by Gasteiger charge is 2.27. The van der Waals surface area contributed by atoms with Gasteiger partial charge in [0.2, 0.25) is 0 Å². The zero-order chi connectivity index (χ0) is 11.3. The van der Waals surface area contributed by atoms with E-state index in [0.717, 1.165) is 12.0 Å². The van der Waals surface area contributed by atoms with E-state index in [2.05, 4.69) is 15.9 Å². The van der Waals surface area contributed by atoms with E-state index in [4.69, 9.17) is 0 Å². The van der Waals surface area contributed by atoms with Gasteiger partial charge in [0.1, 0.15) is 0 Å². The number of carbonyl (C=O) groups excluding carboxylic acids is 1. The van der Waals surface area contributed by atoms with Crippen molar-refractivity contribution in [2.45, 2.75) is 12.8 Å². The van der Waals surface area contributed by atoms with E-state index < -0.39 is 10.2 Å². The topological polar surface area (TPSA) is 75.3 Å². The van der Waals surface area contributed by atoms with Gasteiger partial charge in [-0.2, -0.15) is 8.42 Å². The van der Waals surface area contributed by atoms with Crippen LogP contribution in [0.3, 0.4) is 0 Å². The molecule has 5 nitrogen and oxygen atoms in total. The number of aryl methyl sites for hydroxylation is 1. The summed E-state index contributed by atoms with van der Waals surface area (Å²) in [7, 11) is -3.48. The zero-order valence-corrected chi connectivity index (χ0v) is 9.02. The molecule has 0 fully saturated rings. The van der Waals surface area contributed by atoms with Crippen molar-refractivity contribution in [3.63, 3.8) is 0 Å². The third kappa shape index (κ3) is 1.37. The maximum Gasteiger partial charge on any atom is 0.321 e. The Labute approximate surface area is 93.0 Å². The normalized spacial score (nSPS) is 20.6. The van der Waals surface area contributed by atoms with Crippen LogP contribution in [-0.2, 0) is 16.6 Å². The molecule has 1 aromatic carbocycles. The van der Waals surface area contributed by atoms with Crippen LogP contribution in [-0.4, -0.2) is 14.2 Å². The van der Waals surface area contributed by atoms with E-state index >= 15 is 0 Å². The van der Waals surface area contributed by atoms with Crippen LogP contribution in [0.5, 0.6) is 0 Å². The molecule has 0 saturated heterocycles. The van der Waals surface area contributed by atoms with Gasteiger partial charge < -0.3 is 0 Å². The number of ketones is 1. The summed E-state index contributed by atoms with van der Waals surface area (Å²) in [6.07, 6.45) is 4.02. The first kappa shape index (κ1) is 9.65. The molecule has 16 heavy (non-hydrogen) atoms. The third-order valence-corrected chi connectivity index (χ3v) is 3.63. The molecular weight excluding hydrogens is 228 g/mol. The van der Waals surface area contributed by atoms with Gasteiger partial charge in [0, 0.05) is 5.56 Å². The maximum atomic E-state index is 11.5. The Morgan fingerprint density at radius 1 is 1.19 bits per heavy atom. The van der Waals surface area contributed by atoms with E-state index in [1.54, 1.807) is 12.1 Å². The minimum Gasteiger partial charge on any atom is -0.293 e. The van der Waals surface area contributed by atoms with E-state index in [1.165, 1.54) is 0 Å². The number of carbonyl (C=O) groups is 1. The van der Waals surface area contributed by atoms with Crippen LogP contribution in [0.1, 0.15) is 22.3 Å². The molecule has 1 aliphatic carbocycles. The van der Waals surface area contributed by atoms with Gasteiger partial charge in [0.05, 0.1) is 17.8 Å². The van der Waals surface area contributed by atoms with E-state index in [-0.39, 0.29) is 5.78 Å². The van der Waals surface area contributed by atoms with E-state index in [0.29, 0.717) is 23.4 Å². The monoisotopic (exact) mass is 236 g/mol. The lowest BCUT2D eigenvalue weighted by atomic mass is 9.90. The summed E-state index contributed by atoms with van der Waals surface area (Å²) in [5.41, 5.74) is 2.34. The second-order valence-corrected chi connectivity index (χ2v) is 5.18. The number of hydrogen-bond donors (Lipinski definition) is 2. The molecule has 2 aliphatic rings. The molecule has 6 heteroatoms. The number of rotatable bonds is 0. The Kier molecular flexibility index (Phi) is 1.79. The predicted molar refractivity (Wildman–Crippen MR) is 58.5 cm³/mol. The van der Waals surface area contributed by atoms with Crippen molar-refractivity contribution in [2.24, 2.45) is 0 Å². The lowest BCUT2D eigenvalue weighted by Gasteiger charge is -2.14. The largest absolute Gasteiger partial charge is 0.321 e. The van der Waals surface area contributed by atoms with Crippen molar-refractivity contribution in [2.75, 3.05) is 9.44 Å². The molecule has 0 amide bonds. The first-order valence-corrected chi connectivity index (χ1v) is 6.29. The molecule has 2 radical (unpaired) electrons. The molecule has 1 aliphatic heterocycles. The Morgan fingerprint density at radius 2 is 1.88 bits per heavy atom. The third-order valence-electron chi connectivity index (χ3n) is 2.66. The number of Topliss-reactive ketones (excluding diaryl/α,β-unsaturated/α-hetero) is 1. The average Bonchev–Trinajstić information content (AvgIpc) is 2.48. The second kappa shape index (κ2) is 2.98. The van der Waals surface area contributed by atoms with Crippen LogP contribution in [0.15, 0.2) is 12.1 Å². The number of benzene rings is 1. The average molecular weight is 236 g/mol. The van der Waals surface area contributed by atoms with Crippen LogP contribution < -0.4 is 9.44 Å². The van der Waals surface area contributed by atoms with Gasteiger partial charge in [-0.05, 0) is 30.5 Å². The molecule has 0 aromatic heterocycles. The Balaban J connectivity index is 2.17. The molecule has 82 valence electrons. The minimum absolute atomic E-state index is 0.157. The SMILES string of the molecule is O=C1[C]CCc2cc3c(cc21)NS(=O)(=O)N3. The van der Waals surface area contributed by atoms with Gasteiger partial charge in [-0.25, -0.2) is 0 Å². The predicted octanol–water partition coefficient (Wildman–Crippen LogP) is 0.979. The van der Waals surface area contributed by atoms with Gasteiger partial charge in [-0.3, -0.25) is 14.2 Å². The second-order valence-electron chi connectivity index (χ2n) is 3.77. The first-order chi connectivity index (χ1) is 7.55. The summed E-state index contributed by atoms with van der Waals surface area (Å²) < 4.78 is 27.2. The van der Waals surface area contributed by atoms with Gasteiger partial charge in [-0.15, -0.1) is 0 Å². The molecule has 0 atom stereocenters. The number of hydrogen-bond acceptors (Lipinski definition) is 3. The van der Waals surface area contributed by atoms with Crippen LogP contribution in [0.25, 0.3) is 0 Å². The number of nitrogens with one attached hydrogen (secondary N) is 2. The molecule has 0 saturated carbocycles. The van der Waals surface area contributed by atoms with Crippen molar-refractivity contribution >= 4 is 27.4 Å². The van der Waals surface area contributed by atoms with Crippen molar-refractivity contribution in [1.82, 2.24) is 0 Å². The van der Waals surface area contributed by atoms with Crippen LogP contribution in [0.4, 0.5) is 11.4 Å². The smallest absolute Gasteiger partial charge is 0.293 e. The Hall–Kier alpha value is -1.56. The van der Waals surface area contributed by atoms with Crippen molar-refractivity contribution in [3.8, 4) is 0 Å². The van der Waals surface area contributed by atoms with Crippen molar-refractivity contribution in [1.29, 1.82) is 0 Å². The summed E-state index contributed by atoms with van der Waals surface area (Å²) in [6, 6.07) is 3.28. The van der Waals surface area contributed by atoms with Crippen LogP contribution in [0.2, 0.25) is 0 Å². The maximum absolute atomic E-state index is 11.5. The lowest BCUT2D eigenvalue weighted by Crippen LogP contribution is -2.12.